The van der Waals surface area contributed by atoms with E-state index in [1.54, 1.807) is 0 Å². The Kier molecular flexibility index (Phi) is 3.57. The van der Waals surface area contributed by atoms with Crippen LogP contribution in [0.2, 0.25) is 0 Å². The Morgan fingerprint density at radius 2 is 2.10 bits per heavy atom. The fourth-order valence-corrected chi connectivity index (χ4v) is 2.94. The van der Waals surface area contributed by atoms with E-state index in [-0.39, 0.29) is 0 Å². The Morgan fingerprint density at radius 3 is 2.80 bits per heavy atom. The molecular formula is C16H21N3O. The lowest BCUT2D eigenvalue weighted by Crippen LogP contribution is -2.23. The van der Waals surface area contributed by atoms with Gasteiger partial charge in [0.05, 0.1) is 6.54 Å². The van der Waals surface area contributed by atoms with E-state index in [0.717, 1.165) is 19.0 Å². The number of nitrogens with zero attached hydrogens (tertiary/aromatic N) is 3. The first-order chi connectivity index (χ1) is 9.63. The van der Waals surface area contributed by atoms with E-state index in [9.17, 15) is 0 Å². The van der Waals surface area contributed by atoms with Crippen LogP contribution in [0.5, 0.6) is 0 Å². The Labute approximate surface area is 119 Å². The molecule has 2 heterocycles. The van der Waals surface area contributed by atoms with Crippen LogP contribution in [-0.2, 0) is 6.54 Å². The van der Waals surface area contributed by atoms with Crippen molar-refractivity contribution in [3.8, 4) is 0 Å². The fraction of sp³-hybridized carbons (Fsp3) is 0.500. The summed E-state index contributed by atoms with van der Waals surface area (Å²) in [5, 5.41) is 3.87. The predicted octanol–water partition coefficient (Wildman–Crippen LogP) is 3.33. The number of likely N-dealkylation sites (tertiary alicyclic amines) is 1. The molecule has 3 rings (SSSR count). The van der Waals surface area contributed by atoms with E-state index in [2.05, 4.69) is 47.1 Å². The zero-order valence-electron chi connectivity index (χ0n) is 12.4. The van der Waals surface area contributed by atoms with Crippen LogP contribution in [0.3, 0.4) is 0 Å². The molecular weight excluding hydrogens is 250 g/mol. The molecule has 106 valence electrons. The molecule has 0 bridgehead atoms. The summed E-state index contributed by atoms with van der Waals surface area (Å²) in [6.45, 7) is 8.04. The smallest absolute Gasteiger partial charge is 0.240 e. The average molecular weight is 271 g/mol. The highest BCUT2D eigenvalue weighted by Gasteiger charge is 2.27. The van der Waals surface area contributed by atoms with Gasteiger partial charge in [-0.1, -0.05) is 23.4 Å². The molecule has 4 nitrogen and oxygen atoms in total. The summed E-state index contributed by atoms with van der Waals surface area (Å²) in [6, 6.07) is 7.27. The van der Waals surface area contributed by atoms with Gasteiger partial charge in [-0.15, -0.1) is 0 Å². The monoisotopic (exact) mass is 271 g/mol. The second-order valence-corrected chi connectivity index (χ2v) is 5.71. The summed E-state index contributed by atoms with van der Waals surface area (Å²) < 4.78 is 5.25. The van der Waals surface area contributed by atoms with E-state index >= 15 is 0 Å². The Balaban J connectivity index is 1.79. The van der Waals surface area contributed by atoms with Gasteiger partial charge in [0.1, 0.15) is 0 Å². The van der Waals surface area contributed by atoms with Crippen molar-refractivity contribution in [2.45, 2.75) is 46.2 Å². The molecule has 1 atom stereocenters. The van der Waals surface area contributed by atoms with Gasteiger partial charge in [0.2, 0.25) is 5.89 Å². The summed E-state index contributed by atoms with van der Waals surface area (Å²) in [6.07, 6.45) is 2.43. The molecule has 0 radical (unpaired) electrons. The molecule has 20 heavy (non-hydrogen) atoms. The lowest BCUT2D eigenvalue weighted by molar-refractivity contribution is 0.212. The summed E-state index contributed by atoms with van der Waals surface area (Å²) in [4.78, 5) is 6.76. The van der Waals surface area contributed by atoms with Crippen molar-refractivity contribution in [2.75, 3.05) is 6.54 Å². The molecule has 4 heteroatoms. The molecule has 1 unspecified atom stereocenters. The van der Waals surface area contributed by atoms with E-state index < -0.39 is 0 Å². The highest BCUT2D eigenvalue weighted by Crippen LogP contribution is 2.33. The normalized spacial score (nSPS) is 19.6. The van der Waals surface area contributed by atoms with E-state index in [1.807, 2.05) is 6.92 Å². The molecule has 1 saturated heterocycles. The van der Waals surface area contributed by atoms with Crippen LogP contribution >= 0.6 is 0 Å². The van der Waals surface area contributed by atoms with Gasteiger partial charge in [-0.05, 0) is 56.8 Å². The summed E-state index contributed by atoms with van der Waals surface area (Å²) in [7, 11) is 0. The molecule has 0 amide bonds. The van der Waals surface area contributed by atoms with Crippen LogP contribution < -0.4 is 0 Å². The second kappa shape index (κ2) is 5.37. The molecule has 1 fully saturated rings. The van der Waals surface area contributed by atoms with Gasteiger partial charge in [0, 0.05) is 6.04 Å². The van der Waals surface area contributed by atoms with E-state index in [4.69, 9.17) is 4.52 Å². The van der Waals surface area contributed by atoms with Gasteiger partial charge in [-0.3, -0.25) is 4.90 Å². The number of rotatable bonds is 3. The van der Waals surface area contributed by atoms with Crippen molar-refractivity contribution < 1.29 is 4.52 Å². The van der Waals surface area contributed by atoms with Gasteiger partial charge >= 0.3 is 0 Å². The van der Waals surface area contributed by atoms with Crippen molar-refractivity contribution in [1.29, 1.82) is 0 Å². The van der Waals surface area contributed by atoms with Crippen LogP contribution in [0.4, 0.5) is 0 Å². The fourth-order valence-electron chi connectivity index (χ4n) is 2.94. The third-order valence-corrected chi connectivity index (χ3v) is 4.19. The standard InChI is InChI=1S/C16H21N3O/c1-11-6-7-14(9-12(11)2)15-5-4-8-19(15)10-16-17-13(3)18-20-16/h6-7,9,15H,4-5,8,10H2,1-3H3. The van der Waals surface area contributed by atoms with E-state index in [1.165, 1.54) is 29.5 Å². The zero-order chi connectivity index (χ0) is 14.1. The maximum atomic E-state index is 5.25. The molecule has 0 aliphatic carbocycles. The maximum absolute atomic E-state index is 5.25. The minimum absolute atomic E-state index is 0.474. The van der Waals surface area contributed by atoms with Crippen LogP contribution in [0, 0.1) is 20.8 Å². The average Bonchev–Trinajstić information content (AvgIpc) is 3.03. The van der Waals surface area contributed by atoms with E-state index in [0.29, 0.717) is 11.9 Å². The molecule has 0 spiro atoms. The van der Waals surface area contributed by atoms with Crippen molar-refractivity contribution >= 4 is 0 Å². The first kappa shape index (κ1) is 13.3. The van der Waals surface area contributed by atoms with Gasteiger partial charge in [-0.25, -0.2) is 0 Å². The minimum Gasteiger partial charge on any atom is -0.338 e. The highest BCUT2D eigenvalue weighted by molar-refractivity contribution is 5.32. The molecule has 1 aliphatic rings. The summed E-state index contributed by atoms with van der Waals surface area (Å²) in [5.74, 6) is 1.43. The topological polar surface area (TPSA) is 42.2 Å². The zero-order valence-corrected chi connectivity index (χ0v) is 12.4. The number of hydrogen-bond acceptors (Lipinski definition) is 4. The number of benzene rings is 1. The number of aryl methyl sites for hydroxylation is 3. The van der Waals surface area contributed by atoms with Crippen molar-refractivity contribution in [2.24, 2.45) is 0 Å². The third-order valence-electron chi connectivity index (χ3n) is 4.19. The van der Waals surface area contributed by atoms with Crippen LogP contribution in [-0.4, -0.2) is 21.6 Å². The van der Waals surface area contributed by atoms with Gasteiger partial charge in [-0.2, -0.15) is 4.98 Å². The second-order valence-electron chi connectivity index (χ2n) is 5.71. The molecule has 1 aromatic heterocycles. The SMILES string of the molecule is Cc1noc(CN2CCCC2c2ccc(C)c(C)c2)n1. The number of aromatic nitrogens is 2. The first-order valence-corrected chi connectivity index (χ1v) is 7.24. The van der Waals surface area contributed by atoms with Crippen molar-refractivity contribution in [1.82, 2.24) is 15.0 Å². The molecule has 0 saturated carbocycles. The minimum atomic E-state index is 0.474. The molecule has 2 aromatic rings. The van der Waals surface area contributed by atoms with Crippen LogP contribution in [0.15, 0.2) is 22.7 Å². The molecule has 0 N–H and O–H groups in total. The predicted molar refractivity (Wildman–Crippen MR) is 77.3 cm³/mol. The lowest BCUT2D eigenvalue weighted by atomic mass is 9.99. The van der Waals surface area contributed by atoms with Gasteiger partial charge in [0.15, 0.2) is 5.82 Å². The van der Waals surface area contributed by atoms with Crippen LogP contribution in [0.1, 0.15) is 47.3 Å². The van der Waals surface area contributed by atoms with Crippen LogP contribution in [0.25, 0.3) is 0 Å². The lowest BCUT2D eigenvalue weighted by Gasteiger charge is -2.23. The molecule has 1 aromatic carbocycles. The summed E-state index contributed by atoms with van der Waals surface area (Å²) in [5.41, 5.74) is 4.12. The maximum Gasteiger partial charge on any atom is 0.240 e. The quantitative estimate of drug-likeness (QED) is 0.858. The van der Waals surface area contributed by atoms with Gasteiger partial charge < -0.3 is 4.52 Å². The van der Waals surface area contributed by atoms with Crippen molar-refractivity contribution in [3.05, 3.63) is 46.6 Å². The number of hydrogen-bond donors (Lipinski definition) is 0. The third kappa shape index (κ3) is 2.61. The Hall–Kier alpha value is -1.68. The summed E-state index contributed by atoms with van der Waals surface area (Å²) >= 11 is 0. The van der Waals surface area contributed by atoms with Crippen molar-refractivity contribution in [3.63, 3.8) is 0 Å². The Morgan fingerprint density at radius 1 is 1.25 bits per heavy atom. The Bertz CT molecular complexity index is 606. The largest absolute Gasteiger partial charge is 0.338 e. The molecule has 1 aliphatic heterocycles. The highest BCUT2D eigenvalue weighted by atomic mass is 16.5. The van der Waals surface area contributed by atoms with Gasteiger partial charge in [0.25, 0.3) is 0 Å². The first-order valence-electron chi connectivity index (χ1n) is 7.24.